The predicted molar refractivity (Wildman–Crippen MR) is 93.2 cm³/mol. The molecule has 0 saturated carbocycles. The summed E-state index contributed by atoms with van der Waals surface area (Å²) in [6.07, 6.45) is -10.9. The second kappa shape index (κ2) is 8.13. The summed E-state index contributed by atoms with van der Waals surface area (Å²) in [6.45, 7) is -0.238. The van der Waals surface area contributed by atoms with Crippen LogP contribution in [0.15, 0.2) is 11.0 Å². The topological polar surface area (TPSA) is 141 Å². The Morgan fingerprint density at radius 2 is 1.97 bits per heavy atom. The Kier molecular flexibility index (Phi) is 5.89. The molecule has 1 aliphatic rings. The Morgan fingerprint density at radius 1 is 1.29 bits per heavy atom. The third kappa shape index (κ3) is 4.60. The van der Waals surface area contributed by atoms with Gasteiger partial charge in [0.05, 0.1) is 6.20 Å². The monoisotopic (exact) mass is 451 g/mol. The Morgan fingerprint density at radius 3 is 2.55 bits per heavy atom. The molecule has 0 unspecified atom stereocenters. The first-order chi connectivity index (χ1) is 14.4. The SMILES string of the molecule is CC(=O)OC[C@H]1O[C@H](n2c(=O)n(CC(F)(F)F)c3cnc(N)nc32)[C@H](OC(C)=O)[C@@H]1F. The van der Waals surface area contributed by atoms with E-state index in [0.29, 0.717) is 9.13 Å². The summed E-state index contributed by atoms with van der Waals surface area (Å²) in [5.74, 6) is -2.06. The molecule has 1 aliphatic heterocycles. The lowest BCUT2D eigenvalue weighted by Crippen LogP contribution is -2.38. The highest BCUT2D eigenvalue weighted by Gasteiger charge is 2.50. The van der Waals surface area contributed by atoms with Gasteiger partial charge in [-0.25, -0.2) is 18.7 Å². The average Bonchev–Trinajstić information content (AvgIpc) is 3.06. The highest BCUT2D eigenvalue weighted by molar-refractivity contribution is 5.72. The van der Waals surface area contributed by atoms with Gasteiger partial charge in [-0.3, -0.25) is 14.2 Å². The summed E-state index contributed by atoms with van der Waals surface area (Å²) in [7, 11) is 0. The maximum absolute atomic E-state index is 14.9. The van der Waals surface area contributed by atoms with Crippen molar-refractivity contribution in [2.75, 3.05) is 12.3 Å². The van der Waals surface area contributed by atoms with Crippen LogP contribution in [0.5, 0.6) is 0 Å². The summed E-state index contributed by atoms with van der Waals surface area (Å²) in [5.41, 5.74) is 3.50. The van der Waals surface area contributed by atoms with Crippen molar-refractivity contribution in [3.63, 3.8) is 0 Å². The molecule has 0 aromatic carbocycles. The molecule has 0 spiro atoms. The number of ether oxygens (including phenoxy) is 3. The second-order valence-electron chi connectivity index (χ2n) is 6.68. The van der Waals surface area contributed by atoms with Gasteiger partial charge in [-0.05, 0) is 0 Å². The molecule has 2 N–H and O–H groups in total. The van der Waals surface area contributed by atoms with E-state index < -0.39 is 61.6 Å². The van der Waals surface area contributed by atoms with Crippen LogP contribution in [-0.2, 0) is 30.3 Å². The standard InChI is InChI=1S/C16H17F4N5O6/c1-6(26)29-4-9-10(17)11(30-7(2)27)13(31-9)25-12-8(3-22-14(21)23-12)24(15(25)28)5-16(18,19)20/h3,9-11,13H,4-5H2,1-2H3,(H2,21,22,23)/t9-,10-,11-,13+/m1/s1. The Hall–Kier alpha value is -3.23. The Balaban J connectivity index is 2.14. The van der Waals surface area contributed by atoms with Gasteiger partial charge in [-0.15, -0.1) is 0 Å². The number of aromatic nitrogens is 4. The van der Waals surface area contributed by atoms with Crippen LogP contribution in [0.1, 0.15) is 20.1 Å². The molecule has 0 radical (unpaired) electrons. The van der Waals surface area contributed by atoms with Crippen LogP contribution in [0.2, 0.25) is 0 Å². The fourth-order valence-corrected chi connectivity index (χ4v) is 3.19. The number of alkyl halides is 4. The van der Waals surface area contributed by atoms with Crippen LogP contribution >= 0.6 is 0 Å². The van der Waals surface area contributed by atoms with Crippen LogP contribution in [0.25, 0.3) is 11.2 Å². The number of nitrogen functional groups attached to an aromatic ring is 1. The number of nitrogens with two attached hydrogens (primary N) is 1. The number of imidazole rings is 1. The third-order valence-electron chi connectivity index (χ3n) is 4.33. The molecule has 2 aromatic heterocycles. The van der Waals surface area contributed by atoms with E-state index >= 15 is 0 Å². The van der Waals surface area contributed by atoms with Gasteiger partial charge in [0.2, 0.25) is 5.95 Å². The maximum atomic E-state index is 14.9. The van der Waals surface area contributed by atoms with Crippen molar-refractivity contribution in [1.29, 1.82) is 0 Å². The number of carbonyl (C=O) groups excluding carboxylic acids is 2. The van der Waals surface area contributed by atoms with E-state index in [1.165, 1.54) is 0 Å². The molecule has 3 heterocycles. The molecule has 31 heavy (non-hydrogen) atoms. The van der Waals surface area contributed by atoms with E-state index in [1.807, 2.05) is 0 Å². The van der Waals surface area contributed by atoms with Crippen LogP contribution in [0.3, 0.4) is 0 Å². The largest absolute Gasteiger partial charge is 0.463 e. The number of carbonyl (C=O) groups is 2. The van der Waals surface area contributed by atoms with Crippen molar-refractivity contribution in [3.8, 4) is 0 Å². The fraction of sp³-hybridized carbons (Fsp3) is 0.562. The quantitative estimate of drug-likeness (QED) is 0.507. The number of rotatable bonds is 5. The van der Waals surface area contributed by atoms with Crippen molar-refractivity contribution in [1.82, 2.24) is 19.1 Å². The molecule has 0 aliphatic carbocycles. The minimum absolute atomic E-state index is 0.315. The highest BCUT2D eigenvalue weighted by atomic mass is 19.4. The molecule has 1 saturated heterocycles. The molecule has 2 aromatic rings. The van der Waals surface area contributed by atoms with Crippen molar-refractivity contribution in [2.45, 2.75) is 51.2 Å². The molecule has 1 fully saturated rings. The molecule has 3 rings (SSSR count). The zero-order valence-corrected chi connectivity index (χ0v) is 16.1. The van der Waals surface area contributed by atoms with Gasteiger partial charge in [0.15, 0.2) is 24.2 Å². The van der Waals surface area contributed by atoms with E-state index in [2.05, 4.69) is 9.97 Å². The van der Waals surface area contributed by atoms with Gasteiger partial charge in [0, 0.05) is 13.8 Å². The van der Waals surface area contributed by atoms with Crippen molar-refractivity contribution in [3.05, 3.63) is 16.7 Å². The fourth-order valence-electron chi connectivity index (χ4n) is 3.19. The van der Waals surface area contributed by atoms with E-state index in [4.69, 9.17) is 19.9 Å². The lowest BCUT2D eigenvalue weighted by atomic mass is 10.1. The highest BCUT2D eigenvalue weighted by Crippen LogP contribution is 2.35. The normalized spacial score (nSPS) is 23.8. The van der Waals surface area contributed by atoms with Gasteiger partial charge >= 0.3 is 23.8 Å². The number of nitrogens with zero attached hydrogens (tertiary/aromatic N) is 4. The summed E-state index contributed by atoms with van der Waals surface area (Å²) >= 11 is 0. The number of halogens is 4. The molecule has 15 heteroatoms. The van der Waals surface area contributed by atoms with Gasteiger partial charge in [0.1, 0.15) is 24.8 Å². The lowest BCUT2D eigenvalue weighted by Gasteiger charge is -2.19. The van der Waals surface area contributed by atoms with Gasteiger partial charge < -0.3 is 19.9 Å². The van der Waals surface area contributed by atoms with Crippen molar-refractivity contribution >= 4 is 29.1 Å². The summed E-state index contributed by atoms with van der Waals surface area (Å²) in [4.78, 5) is 42.8. The Labute approximate surface area is 170 Å². The number of esters is 2. The zero-order valence-electron chi connectivity index (χ0n) is 16.1. The van der Waals surface area contributed by atoms with Crippen LogP contribution in [0.4, 0.5) is 23.5 Å². The minimum Gasteiger partial charge on any atom is -0.463 e. The molecular formula is C16H17F4N5O6. The third-order valence-corrected chi connectivity index (χ3v) is 4.33. The van der Waals surface area contributed by atoms with E-state index in [-0.39, 0.29) is 17.1 Å². The molecular weight excluding hydrogens is 434 g/mol. The number of fused-ring (bicyclic) bond motifs is 1. The molecule has 0 bridgehead atoms. The molecule has 11 nitrogen and oxygen atoms in total. The average molecular weight is 451 g/mol. The van der Waals surface area contributed by atoms with Crippen LogP contribution in [-0.4, -0.2) is 62.2 Å². The first kappa shape index (κ1) is 22.5. The Bertz CT molecular complexity index is 1070. The minimum atomic E-state index is -4.78. The predicted octanol–water partition coefficient (Wildman–Crippen LogP) is 0.468. The first-order valence-electron chi connectivity index (χ1n) is 8.79. The molecule has 4 atom stereocenters. The van der Waals surface area contributed by atoms with Crippen LogP contribution < -0.4 is 11.4 Å². The van der Waals surface area contributed by atoms with Gasteiger partial charge in [0.25, 0.3) is 0 Å². The summed E-state index contributed by atoms with van der Waals surface area (Å²) in [6, 6.07) is 0. The van der Waals surface area contributed by atoms with E-state index in [9.17, 15) is 31.9 Å². The number of anilines is 1. The van der Waals surface area contributed by atoms with E-state index in [0.717, 1.165) is 20.0 Å². The number of hydrogen-bond acceptors (Lipinski definition) is 9. The lowest BCUT2D eigenvalue weighted by molar-refractivity contribution is -0.154. The van der Waals surface area contributed by atoms with Crippen molar-refractivity contribution < 1.29 is 41.4 Å². The maximum Gasteiger partial charge on any atom is 0.406 e. The molecule has 170 valence electrons. The summed E-state index contributed by atoms with van der Waals surface area (Å²) in [5, 5.41) is 0. The summed E-state index contributed by atoms with van der Waals surface area (Å²) < 4.78 is 70.0. The van der Waals surface area contributed by atoms with Gasteiger partial charge in [-0.1, -0.05) is 0 Å². The van der Waals surface area contributed by atoms with E-state index in [1.54, 1.807) is 0 Å². The zero-order chi connectivity index (χ0) is 23.1. The first-order valence-corrected chi connectivity index (χ1v) is 8.79. The smallest absolute Gasteiger partial charge is 0.406 e. The van der Waals surface area contributed by atoms with Crippen molar-refractivity contribution in [2.24, 2.45) is 0 Å². The van der Waals surface area contributed by atoms with Crippen LogP contribution in [0, 0.1) is 0 Å². The molecule has 0 amide bonds. The second-order valence-corrected chi connectivity index (χ2v) is 6.68. The number of hydrogen-bond donors (Lipinski definition) is 1. The van der Waals surface area contributed by atoms with Gasteiger partial charge in [-0.2, -0.15) is 18.2 Å².